The van der Waals surface area contributed by atoms with Crippen molar-refractivity contribution < 1.29 is 27.8 Å². The number of hydrogen-bond acceptors (Lipinski definition) is 9. The van der Waals surface area contributed by atoms with Crippen molar-refractivity contribution in [3.05, 3.63) is 164 Å². The molecule has 7 aromatic rings. The van der Waals surface area contributed by atoms with E-state index in [4.69, 9.17) is 26.1 Å². The second kappa shape index (κ2) is 18.3. The molecule has 0 radical (unpaired) electrons. The molecule has 63 heavy (non-hydrogen) atoms. The molecular formula is C47H45ClN6O8S. The van der Waals surface area contributed by atoms with E-state index in [0.717, 1.165) is 42.2 Å². The predicted octanol–water partition coefficient (Wildman–Crippen LogP) is 8.13. The standard InChI is InChI=1S/C47H45ClN6O8S/c1-3-61-46-45(57)54(47(58)52(46)29-30-15-7-4-8-16-30)41(42-50-37-25-23-32(48)27-36(37)44(56)53(42)33-19-11-6-12-20-33)43(55)51-38-28-34(63(59,60)49-2)24-26-40(38)62-39-22-14-13-21-35(39)31-17-9-5-10-18-31/h4,6-8,11-16,19-28,31,41,49,57H,3,5,9-10,17-18,29H2,1-2H3,(H,51,55). The maximum absolute atomic E-state index is 15.5. The van der Waals surface area contributed by atoms with E-state index in [1.54, 1.807) is 61.5 Å². The Labute approximate surface area is 368 Å². The Bertz CT molecular complexity index is 3040. The molecule has 2 aromatic heterocycles. The van der Waals surface area contributed by atoms with Gasteiger partial charge in [0, 0.05) is 5.02 Å². The van der Waals surface area contributed by atoms with Crippen LogP contribution < -0.4 is 30.8 Å². The third kappa shape index (κ3) is 8.72. The molecule has 1 fully saturated rings. The minimum absolute atomic E-state index is 0.0438. The van der Waals surface area contributed by atoms with Gasteiger partial charge in [0.1, 0.15) is 11.6 Å². The van der Waals surface area contributed by atoms with Crippen LogP contribution in [0.2, 0.25) is 5.02 Å². The number of nitrogens with one attached hydrogen (secondary N) is 2. The Morgan fingerprint density at radius 2 is 1.59 bits per heavy atom. The molecule has 0 saturated heterocycles. The van der Waals surface area contributed by atoms with Crippen LogP contribution in [0.15, 0.2) is 136 Å². The van der Waals surface area contributed by atoms with Gasteiger partial charge in [0.2, 0.25) is 10.0 Å². The van der Waals surface area contributed by atoms with E-state index in [2.05, 4.69) is 10.0 Å². The van der Waals surface area contributed by atoms with Crippen molar-refractivity contribution in [2.45, 2.75) is 62.4 Å². The highest BCUT2D eigenvalue weighted by Crippen LogP contribution is 2.41. The lowest BCUT2D eigenvalue weighted by atomic mass is 9.84. The SMILES string of the molecule is CCOc1c(O)n(C(C(=O)Nc2cc(S(=O)(=O)NC)ccc2Oc2ccccc2C2CCCCC2)c2nc3ccc(Cl)cc3c(=O)n2-c2ccccc2)c(=O)n1Cc1ccccc1. The second-order valence-electron chi connectivity index (χ2n) is 15.1. The largest absolute Gasteiger partial charge is 0.491 e. The second-order valence-corrected chi connectivity index (χ2v) is 17.4. The number of halogens is 1. The van der Waals surface area contributed by atoms with Crippen LogP contribution in [0.1, 0.15) is 67.9 Å². The average molecular weight is 889 g/mol. The summed E-state index contributed by atoms with van der Waals surface area (Å²) in [6.45, 7) is 1.67. The van der Waals surface area contributed by atoms with Crippen LogP contribution in [0, 0.1) is 0 Å². The zero-order chi connectivity index (χ0) is 44.3. The Balaban J connectivity index is 1.36. The number of hydrogen-bond donors (Lipinski definition) is 3. The molecule has 3 N–H and O–H groups in total. The Kier molecular flexibility index (Phi) is 12.5. The molecule has 1 atom stereocenters. The molecule has 1 amide bonds. The van der Waals surface area contributed by atoms with Crippen molar-refractivity contribution >= 4 is 44.1 Å². The highest BCUT2D eigenvalue weighted by Gasteiger charge is 2.37. The molecule has 1 aliphatic carbocycles. The van der Waals surface area contributed by atoms with Crippen molar-refractivity contribution in [3.63, 3.8) is 0 Å². The molecule has 5 aromatic carbocycles. The average Bonchev–Trinajstić information content (AvgIpc) is 3.52. The molecule has 0 spiro atoms. The molecule has 2 heterocycles. The van der Waals surface area contributed by atoms with Gasteiger partial charge in [0.05, 0.1) is 40.3 Å². The van der Waals surface area contributed by atoms with Crippen molar-refractivity contribution in [1.29, 1.82) is 0 Å². The quantitative estimate of drug-likeness (QED) is 0.0974. The van der Waals surface area contributed by atoms with Crippen molar-refractivity contribution in [2.24, 2.45) is 0 Å². The van der Waals surface area contributed by atoms with Gasteiger partial charge in [-0.15, -0.1) is 0 Å². The fourth-order valence-electron chi connectivity index (χ4n) is 8.11. The van der Waals surface area contributed by atoms with E-state index >= 15 is 4.79 Å². The number of fused-ring (bicyclic) bond motifs is 1. The van der Waals surface area contributed by atoms with E-state index in [1.807, 2.05) is 30.3 Å². The summed E-state index contributed by atoms with van der Waals surface area (Å²) < 4.78 is 44.5. The summed E-state index contributed by atoms with van der Waals surface area (Å²) in [7, 11) is -2.80. The van der Waals surface area contributed by atoms with Gasteiger partial charge in [-0.2, -0.15) is 0 Å². The summed E-state index contributed by atoms with van der Waals surface area (Å²) in [4.78, 5) is 49.7. The number of rotatable bonds is 14. The molecule has 8 rings (SSSR count). The summed E-state index contributed by atoms with van der Waals surface area (Å²) in [6.07, 6.45) is 5.26. The smallest absolute Gasteiger partial charge is 0.335 e. The molecule has 1 saturated carbocycles. The van der Waals surface area contributed by atoms with Gasteiger partial charge in [-0.05, 0) is 98.5 Å². The molecule has 1 unspecified atom stereocenters. The van der Waals surface area contributed by atoms with Crippen LogP contribution in [0.3, 0.4) is 0 Å². The van der Waals surface area contributed by atoms with Crippen molar-refractivity contribution in [3.8, 4) is 28.9 Å². The Morgan fingerprint density at radius 3 is 2.30 bits per heavy atom. The molecular weight excluding hydrogens is 844 g/mol. The van der Waals surface area contributed by atoms with Gasteiger partial charge in [-0.1, -0.05) is 97.6 Å². The fourth-order valence-corrected chi connectivity index (χ4v) is 9.04. The molecule has 0 bridgehead atoms. The number of amides is 1. The Hall–Kier alpha value is -6.68. The first-order chi connectivity index (χ1) is 30.5. The number of carbonyl (C=O) groups excluding carboxylic acids is 1. The number of carbonyl (C=O) groups is 1. The van der Waals surface area contributed by atoms with E-state index in [-0.39, 0.29) is 68.7 Å². The summed E-state index contributed by atoms with van der Waals surface area (Å²) in [5, 5.41) is 15.3. The predicted molar refractivity (Wildman–Crippen MR) is 241 cm³/mol. The lowest BCUT2D eigenvalue weighted by Gasteiger charge is -2.25. The normalized spacial score (nSPS) is 13.8. The number of nitrogens with zero attached hydrogens (tertiary/aromatic N) is 4. The first-order valence-electron chi connectivity index (χ1n) is 20.6. The third-order valence-corrected chi connectivity index (χ3v) is 12.8. The van der Waals surface area contributed by atoms with Gasteiger partial charge in [0.15, 0.2) is 11.8 Å². The zero-order valence-corrected chi connectivity index (χ0v) is 36.1. The van der Waals surface area contributed by atoms with Crippen LogP contribution in [-0.4, -0.2) is 51.8 Å². The summed E-state index contributed by atoms with van der Waals surface area (Å²) in [5.74, 6) is -1.33. The van der Waals surface area contributed by atoms with Gasteiger partial charge in [-0.3, -0.25) is 18.7 Å². The van der Waals surface area contributed by atoms with E-state index < -0.39 is 39.1 Å². The topological polar surface area (TPSA) is 176 Å². The molecule has 324 valence electrons. The minimum atomic E-state index is -4.06. The van der Waals surface area contributed by atoms with E-state index in [0.29, 0.717) is 11.3 Å². The van der Waals surface area contributed by atoms with Crippen LogP contribution in [0.25, 0.3) is 16.6 Å². The van der Waals surface area contributed by atoms with Crippen LogP contribution in [0.5, 0.6) is 23.3 Å². The monoisotopic (exact) mass is 888 g/mol. The van der Waals surface area contributed by atoms with Crippen LogP contribution in [0.4, 0.5) is 5.69 Å². The highest BCUT2D eigenvalue weighted by molar-refractivity contribution is 7.89. The van der Waals surface area contributed by atoms with Crippen molar-refractivity contribution in [2.75, 3.05) is 19.0 Å². The van der Waals surface area contributed by atoms with Gasteiger partial charge in [0.25, 0.3) is 23.2 Å². The molecule has 16 heteroatoms. The number of para-hydroxylation sites is 2. The number of imidazole rings is 1. The highest BCUT2D eigenvalue weighted by atomic mass is 35.5. The lowest BCUT2D eigenvalue weighted by Crippen LogP contribution is -2.39. The number of aromatic hydroxyl groups is 1. The van der Waals surface area contributed by atoms with Crippen molar-refractivity contribution in [1.82, 2.24) is 23.4 Å². The summed E-state index contributed by atoms with van der Waals surface area (Å²) in [6, 6.07) is 31.7. The number of sulfonamides is 1. The fraction of sp³-hybridized carbons (Fsp3) is 0.234. The zero-order valence-electron chi connectivity index (χ0n) is 34.5. The number of anilines is 1. The van der Waals surface area contributed by atoms with Crippen LogP contribution in [-0.2, 0) is 21.4 Å². The first-order valence-corrected chi connectivity index (χ1v) is 22.5. The minimum Gasteiger partial charge on any atom is -0.491 e. The van der Waals surface area contributed by atoms with Gasteiger partial charge < -0.3 is 19.9 Å². The van der Waals surface area contributed by atoms with Gasteiger partial charge >= 0.3 is 5.69 Å². The van der Waals surface area contributed by atoms with E-state index in [1.165, 1.54) is 52.6 Å². The van der Waals surface area contributed by atoms with Gasteiger partial charge in [-0.25, -0.2) is 27.5 Å². The maximum Gasteiger partial charge on any atom is 0.335 e. The first kappa shape index (κ1) is 43.0. The summed E-state index contributed by atoms with van der Waals surface area (Å²) in [5.41, 5.74) is 0.544. The molecule has 14 nitrogen and oxygen atoms in total. The Morgan fingerprint density at radius 1 is 0.889 bits per heavy atom. The number of aromatic nitrogens is 4. The number of ether oxygens (including phenoxy) is 2. The lowest BCUT2D eigenvalue weighted by molar-refractivity contribution is -0.118. The molecule has 1 aliphatic rings. The maximum atomic E-state index is 15.5. The van der Waals surface area contributed by atoms with Crippen LogP contribution >= 0.6 is 11.6 Å². The third-order valence-electron chi connectivity index (χ3n) is 11.2. The molecule has 0 aliphatic heterocycles. The number of benzene rings is 5. The summed E-state index contributed by atoms with van der Waals surface area (Å²) >= 11 is 6.37. The van der Waals surface area contributed by atoms with E-state index in [9.17, 15) is 23.1 Å².